The van der Waals surface area contributed by atoms with Crippen LogP contribution in [0.2, 0.25) is 5.02 Å². The molecule has 108 valence electrons. The minimum absolute atomic E-state index is 0.0857. The maximum Gasteiger partial charge on any atom is 0.141 e. The molecule has 0 aliphatic carbocycles. The second kappa shape index (κ2) is 7.43. The van der Waals surface area contributed by atoms with Gasteiger partial charge in [0.2, 0.25) is 0 Å². The molecule has 20 heavy (non-hydrogen) atoms. The minimum atomic E-state index is -0.437. The minimum Gasteiger partial charge on any atom is -0.460 e. The van der Waals surface area contributed by atoms with Gasteiger partial charge in [0, 0.05) is 12.2 Å². The van der Waals surface area contributed by atoms with Crippen LogP contribution in [0.1, 0.15) is 18.6 Å². The first-order chi connectivity index (χ1) is 9.70. The second-order valence-electron chi connectivity index (χ2n) is 4.50. The summed E-state index contributed by atoms with van der Waals surface area (Å²) >= 11 is 5.75. The summed E-state index contributed by atoms with van der Waals surface area (Å²) in [6, 6.07) is 8.24. The van der Waals surface area contributed by atoms with Crippen molar-refractivity contribution in [2.24, 2.45) is 0 Å². The number of halogens is 2. The van der Waals surface area contributed by atoms with Gasteiger partial charge < -0.3 is 14.8 Å². The van der Waals surface area contributed by atoms with Crippen LogP contribution in [0.4, 0.5) is 4.39 Å². The van der Waals surface area contributed by atoms with Gasteiger partial charge in [-0.25, -0.2) is 4.39 Å². The lowest BCUT2D eigenvalue weighted by molar-refractivity contribution is 0.283. The Morgan fingerprint density at radius 3 is 2.80 bits per heavy atom. The van der Waals surface area contributed by atoms with E-state index in [0.717, 1.165) is 30.7 Å². The quantitative estimate of drug-likeness (QED) is 0.768. The topological polar surface area (TPSA) is 45.4 Å². The molecule has 2 rings (SSSR count). The molecule has 0 unspecified atom stereocenters. The van der Waals surface area contributed by atoms with Crippen molar-refractivity contribution in [3.8, 4) is 11.3 Å². The molecule has 1 aromatic carbocycles. The van der Waals surface area contributed by atoms with Crippen LogP contribution in [0, 0.1) is 5.82 Å². The number of rotatable bonds is 7. The van der Waals surface area contributed by atoms with Gasteiger partial charge in [0.15, 0.2) is 0 Å². The fourth-order valence-corrected chi connectivity index (χ4v) is 2.03. The van der Waals surface area contributed by atoms with Crippen molar-refractivity contribution in [3.63, 3.8) is 0 Å². The van der Waals surface area contributed by atoms with E-state index in [1.807, 2.05) is 12.1 Å². The van der Waals surface area contributed by atoms with Crippen molar-refractivity contribution in [2.45, 2.75) is 19.4 Å². The standard InChI is InChI=1S/C15H17ClFNO2/c16-13-9-11(3-5-14(13)17)15-6-4-12(20-15)10-18-7-1-2-8-19/h3-6,9,18-19H,1-2,7-8,10H2. The highest BCUT2D eigenvalue weighted by molar-refractivity contribution is 6.31. The Kier molecular flexibility index (Phi) is 5.59. The van der Waals surface area contributed by atoms with Crippen LogP contribution in [0.3, 0.4) is 0 Å². The molecule has 5 heteroatoms. The Morgan fingerprint density at radius 1 is 1.20 bits per heavy atom. The van der Waals surface area contributed by atoms with Crippen molar-refractivity contribution < 1.29 is 13.9 Å². The molecule has 3 nitrogen and oxygen atoms in total. The largest absolute Gasteiger partial charge is 0.460 e. The molecule has 0 aliphatic heterocycles. The SMILES string of the molecule is OCCCCNCc1ccc(-c2ccc(F)c(Cl)c2)o1. The van der Waals surface area contributed by atoms with Gasteiger partial charge in [-0.2, -0.15) is 0 Å². The maximum atomic E-state index is 13.1. The Labute approximate surface area is 122 Å². The van der Waals surface area contributed by atoms with Crippen molar-refractivity contribution in [2.75, 3.05) is 13.2 Å². The molecule has 0 aliphatic rings. The first-order valence-corrected chi connectivity index (χ1v) is 6.94. The zero-order valence-corrected chi connectivity index (χ0v) is 11.8. The van der Waals surface area contributed by atoms with E-state index in [-0.39, 0.29) is 11.6 Å². The number of furan rings is 1. The molecule has 0 fully saturated rings. The molecule has 0 spiro atoms. The fourth-order valence-electron chi connectivity index (χ4n) is 1.85. The number of unbranched alkanes of at least 4 members (excludes halogenated alkanes) is 1. The zero-order chi connectivity index (χ0) is 14.4. The molecule has 0 bridgehead atoms. The first-order valence-electron chi connectivity index (χ1n) is 6.56. The van der Waals surface area contributed by atoms with Crippen molar-refractivity contribution in [1.82, 2.24) is 5.32 Å². The van der Waals surface area contributed by atoms with E-state index >= 15 is 0 Å². The average molecular weight is 298 g/mol. The molecule has 0 amide bonds. The molecule has 0 saturated carbocycles. The maximum absolute atomic E-state index is 13.1. The van der Waals surface area contributed by atoms with Crippen molar-refractivity contribution >= 4 is 11.6 Å². The predicted octanol–water partition coefficient (Wildman–Crippen LogP) is 3.60. The summed E-state index contributed by atoms with van der Waals surface area (Å²) in [5.74, 6) is 1.04. The highest BCUT2D eigenvalue weighted by Gasteiger charge is 2.07. The van der Waals surface area contributed by atoms with E-state index in [1.54, 1.807) is 12.1 Å². The summed E-state index contributed by atoms with van der Waals surface area (Å²) in [5, 5.41) is 12.0. The van der Waals surface area contributed by atoms with Crippen LogP contribution in [-0.4, -0.2) is 18.3 Å². The van der Waals surface area contributed by atoms with Crippen molar-refractivity contribution in [1.29, 1.82) is 0 Å². The van der Waals surface area contributed by atoms with Crippen LogP contribution in [0.15, 0.2) is 34.7 Å². The molecule has 2 aromatic rings. The van der Waals surface area contributed by atoms with Crippen LogP contribution in [0.25, 0.3) is 11.3 Å². The summed E-state index contributed by atoms with van der Waals surface area (Å²) in [7, 11) is 0. The molecular formula is C15H17ClFNO2. The normalized spacial score (nSPS) is 10.9. The lowest BCUT2D eigenvalue weighted by Gasteiger charge is -2.02. The van der Waals surface area contributed by atoms with E-state index in [2.05, 4.69) is 5.32 Å². The molecule has 0 saturated heterocycles. The molecular weight excluding hydrogens is 281 g/mol. The van der Waals surface area contributed by atoms with Crippen LogP contribution < -0.4 is 5.32 Å². The van der Waals surface area contributed by atoms with Crippen molar-refractivity contribution in [3.05, 3.63) is 46.9 Å². The van der Waals surface area contributed by atoms with E-state index in [9.17, 15) is 4.39 Å². The van der Waals surface area contributed by atoms with E-state index in [1.165, 1.54) is 6.07 Å². The average Bonchev–Trinajstić information content (AvgIpc) is 2.90. The van der Waals surface area contributed by atoms with Crippen LogP contribution >= 0.6 is 11.6 Å². The van der Waals surface area contributed by atoms with E-state index < -0.39 is 5.82 Å². The number of hydrogen-bond donors (Lipinski definition) is 2. The molecule has 1 heterocycles. The number of aliphatic hydroxyl groups is 1. The number of benzene rings is 1. The molecule has 0 atom stereocenters. The molecule has 0 radical (unpaired) electrons. The Balaban J connectivity index is 1.93. The Morgan fingerprint density at radius 2 is 2.05 bits per heavy atom. The number of nitrogens with one attached hydrogen (secondary N) is 1. The third-order valence-electron chi connectivity index (χ3n) is 2.93. The summed E-state index contributed by atoms with van der Waals surface area (Å²) in [6.45, 7) is 1.68. The first kappa shape index (κ1) is 15.0. The van der Waals surface area contributed by atoms with Gasteiger partial charge in [0.1, 0.15) is 17.3 Å². The van der Waals surface area contributed by atoms with E-state index in [4.69, 9.17) is 21.1 Å². The van der Waals surface area contributed by atoms with Gasteiger partial charge in [-0.3, -0.25) is 0 Å². The third-order valence-corrected chi connectivity index (χ3v) is 3.22. The smallest absolute Gasteiger partial charge is 0.141 e. The molecule has 1 aromatic heterocycles. The summed E-state index contributed by atoms with van der Waals surface area (Å²) < 4.78 is 18.8. The lowest BCUT2D eigenvalue weighted by atomic mass is 10.2. The Bertz CT molecular complexity index is 557. The number of hydrogen-bond acceptors (Lipinski definition) is 3. The van der Waals surface area contributed by atoms with Gasteiger partial charge in [-0.1, -0.05) is 11.6 Å². The van der Waals surface area contributed by atoms with Gasteiger partial charge in [0.25, 0.3) is 0 Å². The summed E-state index contributed by atoms with van der Waals surface area (Å²) in [6.07, 6.45) is 1.72. The third kappa shape index (κ3) is 4.07. The number of aliphatic hydroxyl groups excluding tert-OH is 1. The predicted molar refractivity (Wildman–Crippen MR) is 77.1 cm³/mol. The Hall–Kier alpha value is -1.36. The monoisotopic (exact) mass is 297 g/mol. The summed E-state index contributed by atoms with van der Waals surface area (Å²) in [4.78, 5) is 0. The highest BCUT2D eigenvalue weighted by Crippen LogP contribution is 2.26. The van der Waals surface area contributed by atoms with Crippen LogP contribution in [0.5, 0.6) is 0 Å². The second-order valence-corrected chi connectivity index (χ2v) is 4.91. The van der Waals surface area contributed by atoms with Gasteiger partial charge >= 0.3 is 0 Å². The fraction of sp³-hybridized carbons (Fsp3) is 0.333. The highest BCUT2D eigenvalue weighted by atomic mass is 35.5. The van der Waals surface area contributed by atoms with Gasteiger partial charge in [-0.15, -0.1) is 0 Å². The van der Waals surface area contributed by atoms with Crippen LogP contribution in [-0.2, 0) is 6.54 Å². The van der Waals surface area contributed by atoms with Gasteiger partial charge in [0.05, 0.1) is 11.6 Å². The summed E-state index contributed by atoms with van der Waals surface area (Å²) in [5.41, 5.74) is 0.753. The van der Waals surface area contributed by atoms with Gasteiger partial charge in [-0.05, 0) is 49.7 Å². The molecule has 2 N–H and O–H groups in total. The lowest BCUT2D eigenvalue weighted by Crippen LogP contribution is -2.14. The zero-order valence-electron chi connectivity index (χ0n) is 11.0. The van der Waals surface area contributed by atoms with E-state index in [0.29, 0.717) is 12.3 Å².